The molecule has 0 bridgehead atoms. The molecule has 0 fully saturated rings. The lowest BCUT2D eigenvalue weighted by atomic mass is 10.1. The van der Waals surface area contributed by atoms with E-state index in [4.69, 9.17) is 9.47 Å². The smallest absolute Gasteiger partial charge is 0.282 e. The van der Waals surface area contributed by atoms with Gasteiger partial charge in [-0.25, -0.2) is 0 Å². The molecular formula is C69H86I4N8O2S2. The molecule has 4 heterocycles. The molecule has 0 unspecified atom stereocenters. The Hall–Kier alpha value is -4.04. The third-order valence-corrected chi connectivity index (χ3v) is 18.5. The average molecular weight is 1630 g/mol. The third kappa shape index (κ3) is 17.0. The number of nitrogens with zero attached hydrogens (tertiary/aromatic N) is 8. The van der Waals surface area contributed by atoms with E-state index in [0.717, 1.165) is 102 Å². The molecule has 2 aliphatic heterocycles. The summed E-state index contributed by atoms with van der Waals surface area (Å²) >= 11 is 3.67. The molecule has 0 spiro atoms. The minimum Gasteiger partial charge on any atom is -1.00 e. The molecule has 10 nitrogen and oxygen atoms in total. The van der Waals surface area contributed by atoms with Crippen molar-refractivity contribution in [1.82, 2.24) is 0 Å². The summed E-state index contributed by atoms with van der Waals surface area (Å²) in [4.78, 5) is 12.3. The number of quaternary nitrogens is 2. The molecular weight excluding hydrogens is 1540 g/mol. The maximum Gasteiger partial charge on any atom is 0.282 e. The van der Waals surface area contributed by atoms with Gasteiger partial charge in [-0.2, -0.15) is 9.13 Å². The highest BCUT2D eigenvalue weighted by atomic mass is 127. The molecule has 10 rings (SSSR count). The molecule has 0 saturated carbocycles. The van der Waals surface area contributed by atoms with Gasteiger partial charge in [-0.05, 0) is 123 Å². The Morgan fingerprint density at radius 1 is 0.482 bits per heavy atom. The molecule has 454 valence electrons. The molecule has 8 aromatic rings. The zero-order chi connectivity index (χ0) is 57.3. The Kier molecular flexibility index (Phi) is 27.8. The maximum absolute atomic E-state index is 5.74. The highest BCUT2D eigenvalue weighted by Gasteiger charge is 2.30. The summed E-state index contributed by atoms with van der Waals surface area (Å²) in [6, 6.07) is 56.4. The van der Waals surface area contributed by atoms with Crippen molar-refractivity contribution in [3.8, 4) is 22.9 Å². The molecule has 0 saturated heterocycles. The van der Waals surface area contributed by atoms with E-state index in [0.29, 0.717) is 0 Å². The Bertz CT molecular complexity index is 3530. The number of aromatic nitrogens is 2. The van der Waals surface area contributed by atoms with Crippen molar-refractivity contribution in [2.24, 2.45) is 0 Å². The first kappa shape index (κ1) is 71.7. The lowest BCUT2D eigenvalue weighted by Gasteiger charge is -2.30. The van der Waals surface area contributed by atoms with Gasteiger partial charge in [0.1, 0.15) is 33.9 Å². The second-order valence-electron chi connectivity index (χ2n) is 22.5. The predicted octanol–water partition coefficient (Wildman–Crippen LogP) is 2.36. The number of thioether (sulfide) groups is 2. The quantitative estimate of drug-likeness (QED) is 0.0619. The first-order valence-corrected chi connectivity index (χ1v) is 30.7. The zero-order valence-corrected chi connectivity index (χ0v) is 61.9. The Labute approximate surface area is 584 Å². The largest absolute Gasteiger partial charge is 1.00 e. The van der Waals surface area contributed by atoms with Gasteiger partial charge in [0.15, 0.2) is 0 Å². The van der Waals surface area contributed by atoms with E-state index in [1.54, 1.807) is 14.2 Å². The fraction of sp³-hybridized carbons (Fsp3) is 0.333. The number of pyridine rings is 2. The molecule has 85 heavy (non-hydrogen) atoms. The Balaban J connectivity index is 0.000000297. The summed E-state index contributed by atoms with van der Waals surface area (Å²) in [6.45, 7) is 17.6. The van der Waals surface area contributed by atoms with Gasteiger partial charge in [0.25, 0.3) is 11.6 Å². The molecule has 16 heteroatoms. The predicted molar refractivity (Wildman–Crippen MR) is 346 cm³/mol. The van der Waals surface area contributed by atoms with E-state index >= 15 is 0 Å². The lowest BCUT2D eigenvalue weighted by molar-refractivity contribution is -0.890. The number of benzene rings is 6. The molecule has 0 aliphatic carbocycles. The van der Waals surface area contributed by atoms with Crippen LogP contribution in [0.25, 0.3) is 45.3 Å². The van der Waals surface area contributed by atoms with Crippen LogP contribution < -0.4 is 134 Å². The van der Waals surface area contributed by atoms with Crippen LogP contribution in [0.1, 0.15) is 58.1 Å². The monoisotopic (exact) mass is 1630 g/mol. The molecule has 0 atom stereocenters. The van der Waals surface area contributed by atoms with Crippen LogP contribution in [0.5, 0.6) is 11.5 Å². The number of fused-ring (bicyclic) bond motifs is 4. The second-order valence-corrected chi connectivity index (χ2v) is 24.6. The SMILES string of the molecule is CCC[N+](C)(C)CCCN(CC)c1cc(C=C2Sc3ccccc3N2C)c2ccc(OC)cc2[n+]1-c1ccccc1.CCN(CCC[N+](C)(C)CC)c1cc(C=C2Sc3ccccc3N2C)c2ccc(OC)cc2[n+]1-c1ccccc1.[I-].[I-].[I-].[I-]. The summed E-state index contributed by atoms with van der Waals surface area (Å²) in [5.41, 5.74) is 9.53. The summed E-state index contributed by atoms with van der Waals surface area (Å²) in [7, 11) is 17.2. The van der Waals surface area contributed by atoms with Crippen LogP contribution in [0, 0.1) is 0 Å². The molecule has 6 aromatic carbocycles. The van der Waals surface area contributed by atoms with Crippen molar-refractivity contribution < 1.29 is 123 Å². The summed E-state index contributed by atoms with van der Waals surface area (Å²) in [5.74, 6) is 4.12. The summed E-state index contributed by atoms with van der Waals surface area (Å²) < 4.78 is 18.4. The van der Waals surface area contributed by atoms with E-state index < -0.39 is 0 Å². The van der Waals surface area contributed by atoms with E-state index in [2.05, 4.69) is 269 Å². The van der Waals surface area contributed by atoms with Gasteiger partial charge >= 0.3 is 0 Å². The van der Waals surface area contributed by atoms with Crippen molar-refractivity contribution in [3.05, 3.63) is 179 Å². The maximum atomic E-state index is 5.74. The Morgan fingerprint density at radius 3 is 1.24 bits per heavy atom. The fourth-order valence-electron chi connectivity index (χ4n) is 11.2. The number of hydrogen-bond acceptors (Lipinski definition) is 8. The van der Waals surface area contributed by atoms with Crippen LogP contribution in [-0.2, 0) is 0 Å². The van der Waals surface area contributed by atoms with Crippen LogP contribution in [0.15, 0.2) is 178 Å². The Morgan fingerprint density at radius 2 is 0.871 bits per heavy atom. The number of hydrogen-bond donors (Lipinski definition) is 0. The molecule has 2 aliphatic rings. The molecule has 0 amide bonds. The van der Waals surface area contributed by atoms with Crippen LogP contribution in [0.2, 0.25) is 0 Å². The van der Waals surface area contributed by atoms with E-state index in [9.17, 15) is 0 Å². The third-order valence-electron chi connectivity index (χ3n) is 16.2. The van der Waals surface area contributed by atoms with Crippen molar-refractivity contribution >= 4 is 80.5 Å². The number of methoxy groups -OCH3 is 2. The van der Waals surface area contributed by atoms with Crippen molar-refractivity contribution in [1.29, 1.82) is 0 Å². The van der Waals surface area contributed by atoms with E-state index in [1.807, 2.05) is 23.5 Å². The number of rotatable bonds is 21. The lowest BCUT2D eigenvalue weighted by Crippen LogP contribution is -3.00. The first-order chi connectivity index (χ1) is 39.2. The van der Waals surface area contributed by atoms with E-state index in [1.165, 1.54) is 77.7 Å². The minimum absolute atomic E-state index is 0. The molecule has 2 aromatic heterocycles. The van der Waals surface area contributed by atoms with Crippen LogP contribution >= 0.6 is 23.5 Å². The van der Waals surface area contributed by atoms with Gasteiger partial charge in [-0.15, -0.1) is 0 Å². The van der Waals surface area contributed by atoms with Gasteiger partial charge in [0.2, 0.25) is 0 Å². The van der Waals surface area contributed by atoms with Crippen molar-refractivity contribution in [2.45, 2.75) is 56.7 Å². The standard InChI is InChI=1S/C35H44N4OS.C34H42N4OS.4HI/c1-7-22-39(4,5)23-14-21-37(8-2)34-24-27(25-35-36(3)31-17-12-13-18-33(31)41-35)30-20-19-29(40-6)26-32(30)38(34)28-15-10-9-11-16-28;1-7-36(21-14-22-38(4,5)8-2)33-23-26(24-34-35(3)30-17-12-13-18-32(30)40-34)29-20-19-28(39-6)25-31(29)37(33)27-15-10-9-11-16-27;;;;/h9-13,15-20,24-26H,7-8,14,21-23H2,1-6H3;9-13,15-20,23-25H,7-8,14,21-22H2,1-6H3;4*1H/q2*+2;;;;/p-4. The highest BCUT2D eigenvalue weighted by molar-refractivity contribution is 8.04. The van der Waals surface area contributed by atoms with Gasteiger partial charge < -0.3 is 124 Å². The van der Waals surface area contributed by atoms with Crippen molar-refractivity contribution in [2.75, 3.05) is 128 Å². The van der Waals surface area contributed by atoms with Gasteiger partial charge in [0, 0.05) is 71.8 Å². The fourth-order valence-corrected chi connectivity index (χ4v) is 13.4. The normalized spacial score (nSPS) is 13.5. The van der Waals surface area contributed by atoms with Crippen LogP contribution in [-0.4, -0.2) is 118 Å². The average Bonchev–Trinajstić information content (AvgIpc) is 4.21. The topological polar surface area (TPSA) is 39.2 Å². The summed E-state index contributed by atoms with van der Waals surface area (Å²) in [6.07, 6.45) is 8.18. The van der Waals surface area contributed by atoms with Gasteiger partial charge in [-0.3, -0.25) is 9.80 Å². The zero-order valence-electron chi connectivity index (χ0n) is 51.7. The second kappa shape index (κ2) is 33.0. The van der Waals surface area contributed by atoms with E-state index in [-0.39, 0.29) is 95.9 Å². The van der Waals surface area contributed by atoms with Crippen LogP contribution in [0.3, 0.4) is 0 Å². The minimum atomic E-state index is 0. The number of halogens is 4. The summed E-state index contributed by atoms with van der Waals surface area (Å²) in [5, 5.41) is 4.86. The number of ether oxygens (including phenoxy) is 2. The van der Waals surface area contributed by atoms with Crippen LogP contribution in [0.4, 0.5) is 23.0 Å². The number of para-hydroxylation sites is 4. The van der Waals surface area contributed by atoms with Gasteiger partial charge in [0.05, 0.1) is 116 Å². The highest BCUT2D eigenvalue weighted by Crippen LogP contribution is 2.47. The molecule has 0 N–H and O–H groups in total. The molecule has 0 radical (unpaired) electrons. The number of anilines is 4. The van der Waals surface area contributed by atoms with Crippen molar-refractivity contribution in [3.63, 3.8) is 0 Å². The van der Waals surface area contributed by atoms with Gasteiger partial charge in [-0.1, -0.05) is 91.1 Å². The first-order valence-electron chi connectivity index (χ1n) is 29.0.